The van der Waals surface area contributed by atoms with Crippen LogP contribution in [0.1, 0.15) is 0 Å². The predicted molar refractivity (Wildman–Crippen MR) is 205 cm³/mol. The van der Waals surface area contributed by atoms with Gasteiger partial charge in [-0.25, -0.2) is 9.97 Å². The van der Waals surface area contributed by atoms with Gasteiger partial charge in [0.25, 0.3) is 0 Å². The van der Waals surface area contributed by atoms with Crippen LogP contribution in [0.25, 0.3) is 100 Å². The smallest absolute Gasteiger partial charge is 0.220 e. The summed E-state index contributed by atoms with van der Waals surface area (Å²) < 4.78 is 15.6. The molecule has 0 aliphatic rings. The number of imidazole rings is 4. The Morgan fingerprint density at radius 1 is 0.412 bits per heavy atom. The molecule has 51 heavy (non-hydrogen) atoms. The maximum absolute atomic E-state index is 6.54. The number of para-hydroxylation sites is 7. The van der Waals surface area contributed by atoms with Crippen molar-refractivity contribution in [3.05, 3.63) is 158 Å². The lowest BCUT2D eigenvalue weighted by molar-refractivity contribution is 0.666. The lowest BCUT2D eigenvalue weighted by Gasteiger charge is -2.08. The summed E-state index contributed by atoms with van der Waals surface area (Å²) in [7, 11) is 0. The van der Waals surface area contributed by atoms with Crippen molar-refractivity contribution < 1.29 is 4.42 Å². The van der Waals surface area contributed by atoms with E-state index in [4.69, 9.17) is 14.4 Å². The fourth-order valence-electron chi connectivity index (χ4n) is 8.14. The summed E-state index contributed by atoms with van der Waals surface area (Å²) in [6, 6.07) is 55.3. The van der Waals surface area contributed by atoms with Crippen molar-refractivity contribution in [1.82, 2.24) is 27.9 Å². The summed E-state index contributed by atoms with van der Waals surface area (Å²) in [5.74, 6) is 1.74. The molecule has 0 saturated carbocycles. The predicted octanol–water partition coefficient (Wildman–Crippen LogP) is 10.7. The first-order valence-electron chi connectivity index (χ1n) is 17.1. The average Bonchev–Trinajstić information content (AvgIpc) is 3.98. The van der Waals surface area contributed by atoms with Gasteiger partial charge in [0.15, 0.2) is 5.58 Å². The maximum atomic E-state index is 6.54. The van der Waals surface area contributed by atoms with Crippen LogP contribution in [0, 0.1) is 0 Å². The Bertz CT molecular complexity index is 3370. The minimum absolute atomic E-state index is 0.846. The van der Waals surface area contributed by atoms with Gasteiger partial charge in [0.05, 0.1) is 49.8 Å². The SMILES string of the molecule is c1ccc(-n2c3ccc(-c4ccc5c(c4)n4c6ccccc6nc4n5-c4cccc5c4oc4ccccc45)cc3n3c4ccccc4nc23)cc1. The topological polar surface area (TPSA) is 57.6 Å². The Morgan fingerprint density at radius 2 is 0.980 bits per heavy atom. The van der Waals surface area contributed by atoms with Gasteiger partial charge in [-0.2, -0.15) is 0 Å². The third-order valence-electron chi connectivity index (χ3n) is 10.4. The molecule has 5 heterocycles. The van der Waals surface area contributed by atoms with E-state index in [1.54, 1.807) is 0 Å². The van der Waals surface area contributed by atoms with Crippen molar-refractivity contribution in [3.8, 4) is 22.5 Å². The van der Waals surface area contributed by atoms with Crippen LogP contribution < -0.4 is 0 Å². The molecule has 7 nitrogen and oxygen atoms in total. The molecule has 0 bridgehead atoms. The fourth-order valence-corrected chi connectivity index (χ4v) is 8.14. The summed E-state index contributed by atoms with van der Waals surface area (Å²) in [5, 5.41) is 2.19. The number of hydrogen-bond acceptors (Lipinski definition) is 3. The number of hydrogen-bond donors (Lipinski definition) is 0. The molecule has 0 atom stereocenters. The number of fused-ring (bicyclic) bond motifs is 13. The van der Waals surface area contributed by atoms with Crippen molar-refractivity contribution in [2.45, 2.75) is 0 Å². The zero-order chi connectivity index (χ0) is 33.2. The highest BCUT2D eigenvalue weighted by Crippen LogP contribution is 2.38. The van der Waals surface area contributed by atoms with E-state index in [1.165, 1.54) is 0 Å². The number of benzene rings is 7. The third-order valence-corrected chi connectivity index (χ3v) is 10.4. The van der Waals surface area contributed by atoms with Gasteiger partial charge in [-0.15, -0.1) is 0 Å². The quantitative estimate of drug-likeness (QED) is 0.190. The van der Waals surface area contributed by atoms with Crippen LogP contribution in [-0.4, -0.2) is 27.9 Å². The highest BCUT2D eigenvalue weighted by atomic mass is 16.3. The van der Waals surface area contributed by atoms with Crippen molar-refractivity contribution >= 4 is 77.6 Å². The van der Waals surface area contributed by atoms with Crippen molar-refractivity contribution in [1.29, 1.82) is 0 Å². The summed E-state index contributed by atoms with van der Waals surface area (Å²) in [5.41, 5.74) is 14.4. The zero-order valence-corrected chi connectivity index (χ0v) is 27.1. The van der Waals surface area contributed by atoms with Crippen LogP contribution in [0.2, 0.25) is 0 Å². The van der Waals surface area contributed by atoms with Gasteiger partial charge in [-0.3, -0.25) is 17.9 Å². The molecule has 0 aliphatic carbocycles. The Balaban J connectivity index is 1.14. The molecule has 0 fully saturated rings. The maximum Gasteiger partial charge on any atom is 0.220 e. The van der Waals surface area contributed by atoms with Gasteiger partial charge < -0.3 is 4.42 Å². The molecule has 0 N–H and O–H groups in total. The second kappa shape index (κ2) is 9.74. The number of aromatic nitrogens is 6. The monoisotopic (exact) mass is 654 g/mol. The summed E-state index contributed by atoms with van der Waals surface area (Å²) in [6.07, 6.45) is 0. The average molecular weight is 655 g/mol. The second-order valence-corrected chi connectivity index (χ2v) is 13.1. The Labute approximate surface area is 289 Å². The summed E-state index contributed by atoms with van der Waals surface area (Å²) >= 11 is 0. The van der Waals surface area contributed by atoms with E-state index >= 15 is 0 Å². The Kier molecular flexibility index (Phi) is 5.12. The van der Waals surface area contributed by atoms with E-state index in [1.807, 2.05) is 30.3 Å². The molecule has 0 spiro atoms. The van der Waals surface area contributed by atoms with E-state index in [-0.39, 0.29) is 0 Å². The molecular weight excluding hydrogens is 629 g/mol. The second-order valence-electron chi connectivity index (χ2n) is 13.1. The van der Waals surface area contributed by atoms with E-state index in [0.29, 0.717) is 0 Å². The van der Waals surface area contributed by atoms with E-state index < -0.39 is 0 Å². The number of nitrogens with zero attached hydrogens (tertiary/aromatic N) is 6. The van der Waals surface area contributed by atoms with Crippen LogP contribution >= 0.6 is 0 Å². The lowest BCUT2D eigenvalue weighted by Crippen LogP contribution is -1.95. The van der Waals surface area contributed by atoms with Gasteiger partial charge >= 0.3 is 0 Å². The Morgan fingerprint density at radius 3 is 1.69 bits per heavy atom. The highest BCUT2D eigenvalue weighted by molar-refractivity contribution is 6.08. The summed E-state index contributed by atoms with van der Waals surface area (Å²) in [4.78, 5) is 10.3. The van der Waals surface area contributed by atoms with Gasteiger partial charge in [-0.1, -0.05) is 84.9 Å². The van der Waals surface area contributed by atoms with Crippen LogP contribution in [0.15, 0.2) is 162 Å². The molecule has 7 aromatic carbocycles. The molecule has 0 saturated heterocycles. The van der Waals surface area contributed by atoms with Crippen LogP contribution in [0.5, 0.6) is 0 Å². The van der Waals surface area contributed by atoms with Crippen LogP contribution in [0.3, 0.4) is 0 Å². The normalized spacial score (nSPS) is 12.3. The molecular formula is C44H26N6O. The third kappa shape index (κ3) is 3.56. The van der Waals surface area contributed by atoms with Crippen LogP contribution in [0.4, 0.5) is 0 Å². The van der Waals surface area contributed by atoms with Gasteiger partial charge in [0.1, 0.15) is 5.58 Å². The minimum atomic E-state index is 0.846. The van der Waals surface area contributed by atoms with Crippen molar-refractivity contribution in [3.63, 3.8) is 0 Å². The number of rotatable bonds is 3. The number of furan rings is 1. The highest BCUT2D eigenvalue weighted by Gasteiger charge is 2.22. The minimum Gasteiger partial charge on any atom is -0.454 e. The molecule has 12 aromatic rings. The van der Waals surface area contributed by atoms with Gasteiger partial charge in [0.2, 0.25) is 11.6 Å². The standard InChI is InChI=1S/C44H26N6O/c1-2-11-29(12-3-1)47-36-23-21-27(25-39(36)48-34-17-7-5-15-32(34)45-43(47)48)28-22-24-37-40(26-28)49-35-18-8-6-16-33(35)46-44(49)50(37)38-19-10-14-31-30-13-4-9-20-41(30)51-42(31)38/h1-26H. The molecule has 0 aliphatic heterocycles. The first-order chi connectivity index (χ1) is 25.3. The fraction of sp³-hybridized carbons (Fsp3) is 0. The molecule has 0 unspecified atom stereocenters. The first-order valence-corrected chi connectivity index (χ1v) is 17.1. The van der Waals surface area contributed by atoms with Crippen molar-refractivity contribution in [2.24, 2.45) is 0 Å². The molecule has 0 radical (unpaired) electrons. The molecule has 0 amide bonds. The molecule has 7 heteroatoms. The first kappa shape index (κ1) is 26.8. The van der Waals surface area contributed by atoms with Crippen molar-refractivity contribution in [2.75, 3.05) is 0 Å². The molecule has 12 rings (SSSR count). The van der Waals surface area contributed by atoms with Gasteiger partial charge in [-0.05, 0) is 83.9 Å². The molecule has 5 aromatic heterocycles. The van der Waals surface area contributed by atoms with E-state index in [9.17, 15) is 0 Å². The van der Waals surface area contributed by atoms with Gasteiger partial charge in [0, 0.05) is 16.5 Å². The Hall–Kier alpha value is -7.12. The summed E-state index contributed by atoms with van der Waals surface area (Å²) in [6.45, 7) is 0. The molecule has 238 valence electrons. The lowest BCUT2D eigenvalue weighted by atomic mass is 10.0. The van der Waals surface area contributed by atoms with E-state index in [0.717, 1.165) is 100 Å². The largest absolute Gasteiger partial charge is 0.454 e. The van der Waals surface area contributed by atoms with E-state index in [2.05, 4.69) is 145 Å². The van der Waals surface area contributed by atoms with Crippen LogP contribution in [-0.2, 0) is 0 Å². The zero-order valence-electron chi connectivity index (χ0n) is 27.1.